The lowest BCUT2D eigenvalue weighted by Crippen LogP contribution is -2.43. The van der Waals surface area contributed by atoms with Crippen molar-refractivity contribution in [2.45, 2.75) is 31.7 Å². The zero-order chi connectivity index (χ0) is 25.3. The normalized spacial score (nSPS) is 13.9. The van der Waals surface area contributed by atoms with Crippen molar-refractivity contribution >= 4 is 35.0 Å². The summed E-state index contributed by atoms with van der Waals surface area (Å²) in [7, 11) is 1.56. The first kappa shape index (κ1) is 24.8. The number of aliphatic carboxylic acids is 1. The van der Waals surface area contributed by atoms with Crippen LogP contribution in [0.2, 0.25) is 0 Å². The van der Waals surface area contributed by atoms with Gasteiger partial charge in [-0.15, -0.1) is 0 Å². The third-order valence-corrected chi connectivity index (χ3v) is 5.53. The number of anilines is 1. The highest BCUT2D eigenvalue weighted by atomic mass is 16.5. The third-order valence-electron chi connectivity index (χ3n) is 5.53. The SMILES string of the molecule is COc1ccc2oc(NC(Cc3ccc(OCCCC(=O)NC4=NCCCN4)cc3)C(=O)O)nc2c1. The van der Waals surface area contributed by atoms with E-state index in [1.165, 1.54) is 0 Å². The minimum Gasteiger partial charge on any atom is -0.497 e. The first-order valence-corrected chi connectivity index (χ1v) is 11.7. The Morgan fingerprint density at radius 1 is 1.19 bits per heavy atom. The number of fused-ring (bicyclic) bond motifs is 1. The Morgan fingerprint density at radius 2 is 2.00 bits per heavy atom. The summed E-state index contributed by atoms with van der Waals surface area (Å²) >= 11 is 0. The van der Waals surface area contributed by atoms with Crippen molar-refractivity contribution < 1.29 is 28.6 Å². The number of benzene rings is 2. The highest BCUT2D eigenvalue weighted by molar-refractivity contribution is 5.97. The van der Waals surface area contributed by atoms with E-state index in [1.54, 1.807) is 37.4 Å². The van der Waals surface area contributed by atoms with Crippen LogP contribution in [0.5, 0.6) is 11.5 Å². The number of amides is 1. The first-order valence-electron chi connectivity index (χ1n) is 11.7. The number of guanidine groups is 1. The summed E-state index contributed by atoms with van der Waals surface area (Å²) in [4.78, 5) is 32.3. The number of hydrogen-bond acceptors (Lipinski definition) is 9. The lowest BCUT2D eigenvalue weighted by atomic mass is 10.1. The van der Waals surface area contributed by atoms with Gasteiger partial charge in [-0.25, -0.2) is 4.79 Å². The number of aromatic nitrogens is 1. The summed E-state index contributed by atoms with van der Waals surface area (Å²) < 4.78 is 16.5. The Balaban J connectivity index is 1.24. The van der Waals surface area contributed by atoms with Crippen LogP contribution in [0, 0.1) is 0 Å². The van der Waals surface area contributed by atoms with E-state index < -0.39 is 12.0 Å². The largest absolute Gasteiger partial charge is 0.497 e. The van der Waals surface area contributed by atoms with Gasteiger partial charge >= 0.3 is 5.97 Å². The highest BCUT2D eigenvalue weighted by Gasteiger charge is 2.21. The van der Waals surface area contributed by atoms with Gasteiger partial charge in [-0.2, -0.15) is 4.98 Å². The molecule has 1 aromatic heterocycles. The molecule has 1 aliphatic heterocycles. The van der Waals surface area contributed by atoms with E-state index in [0.717, 1.165) is 25.1 Å². The minimum absolute atomic E-state index is 0.104. The molecule has 2 aromatic carbocycles. The molecule has 36 heavy (non-hydrogen) atoms. The predicted octanol–water partition coefficient (Wildman–Crippen LogP) is 2.57. The molecule has 2 heterocycles. The van der Waals surface area contributed by atoms with Gasteiger partial charge in [0.15, 0.2) is 11.5 Å². The monoisotopic (exact) mass is 495 g/mol. The minimum atomic E-state index is -1.03. The van der Waals surface area contributed by atoms with E-state index in [9.17, 15) is 14.7 Å². The van der Waals surface area contributed by atoms with Gasteiger partial charge in [-0.05, 0) is 42.7 Å². The summed E-state index contributed by atoms with van der Waals surface area (Å²) in [6.07, 6.45) is 2.07. The number of nitrogens with one attached hydrogen (secondary N) is 3. The molecule has 1 aliphatic rings. The van der Waals surface area contributed by atoms with Gasteiger partial charge in [-0.3, -0.25) is 15.1 Å². The number of ether oxygens (including phenoxy) is 2. The molecule has 4 N–H and O–H groups in total. The fourth-order valence-corrected chi connectivity index (χ4v) is 3.64. The van der Waals surface area contributed by atoms with Crippen molar-refractivity contribution in [3.63, 3.8) is 0 Å². The number of methoxy groups -OCH3 is 1. The molecule has 11 nitrogen and oxygen atoms in total. The maximum atomic E-state index is 12.0. The maximum Gasteiger partial charge on any atom is 0.326 e. The number of carbonyl (C=O) groups is 2. The number of oxazole rings is 1. The molecule has 1 amide bonds. The molecular weight excluding hydrogens is 466 g/mol. The third kappa shape index (κ3) is 6.87. The van der Waals surface area contributed by atoms with Crippen LogP contribution in [0.25, 0.3) is 11.1 Å². The van der Waals surface area contributed by atoms with Gasteiger partial charge in [0.05, 0.1) is 13.7 Å². The van der Waals surface area contributed by atoms with Crippen molar-refractivity contribution in [1.29, 1.82) is 0 Å². The van der Waals surface area contributed by atoms with Gasteiger partial charge in [0.25, 0.3) is 6.01 Å². The zero-order valence-electron chi connectivity index (χ0n) is 20.0. The van der Waals surface area contributed by atoms with Crippen LogP contribution in [0.4, 0.5) is 6.01 Å². The van der Waals surface area contributed by atoms with Crippen LogP contribution in [0.15, 0.2) is 51.9 Å². The number of carboxylic acids is 1. The van der Waals surface area contributed by atoms with Crippen molar-refractivity contribution in [3.8, 4) is 11.5 Å². The Hall–Kier alpha value is -4.28. The lowest BCUT2D eigenvalue weighted by molar-refractivity contribution is -0.138. The molecule has 1 unspecified atom stereocenters. The van der Waals surface area contributed by atoms with Crippen molar-refractivity contribution in [2.75, 3.05) is 32.1 Å². The Bertz CT molecular complexity index is 1220. The number of nitrogens with zero attached hydrogens (tertiary/aromatic N) is 2. The summed E-state index contributed by atoms with van der Waals surface area (Å²) in [5.74, 6) is 0.683. The van der Waals surface area contributed by atoms with Crippen LogP contribution >= 0.6 is 0 Å². The molecule has 0 bridgehead atoms. The quantitative estimate of drug-likeness (QED) is 0.295. The maximum absolute atomic E-state index is 12.0. The van der Waals surface area contributed by atoms with Crippen LogP contribution < -0.4 is 25.4 Å². The van der Waals surface area contributed by atoms with Gasteiger partial charge < -0.3 is 29.6 Å². The summed E-state index contributed by atoms with van der Waals surface area (Å²) in [6.45, 7) is 1.92. The molecule has 3 aromatic rings. The fraction of sp³-hybridized carbons (Fsp3) is 0.360. The van der Waals surface area contributed by atoms with Gasteiger partial charge in [0.2, 0.25) is 5.91 Å². The van der Waals surface area contributed by atoms with Gasteiger partial charge in [0, 0.05) is 32.0 Å². The van der Waals surface area contributed by atoms with Crippen molar-refractivity contribution in [1.82, 2.24) is 15.6 Å². The molecule has 0 saturated carbocycles. The van der Waals surface area contributed by atoms with Gasteiger partial charge in [-0.1, -0.05) is 12.1 Å². The van der Waals surface area contributed by atoms with E-state index >= 15 is 0 Å². The van der Waals surface area contributed by atoms with E-state index in [1.807, 2.05) is 12.1 Å². The Kier molecular flexibility index (Phi) is 8.22. The number of aliphatic imine (C=N–C) groups is 1. The predicted molar refractivity (Wildman–Crippen MR) is 134 cm³/mol. The van der Waals surface area contributed by atoms with Crippen LogP contribution in [0.1, 0.15) is 24.8 Å². The van der Waals surface area contributed by atoms with E-state index in [-0.39, 0.29) is 18.3 Å². The average molecular weight is 496 g/mol. The molecular formula is C25H29N5O6. The van der Waals surface area contributed by atoms with E-state index in [4.69, 9.17) is 13.9 Å². The van der Waals surface area contributed by atoms with E-state index in [0.29, 0.717) is 48.0 Å². The molecule has 0 radical (unpaired) electrons. The fourth-order valence-electron chi connectivity index (χ4n) is 3.64. The summed E-state index contributed by atoms with van der Waals surface area (Å²) in [5.41, 5.74) is 1.90. The van der Waals surface area contributed by atoms with Crippen molar-refractivity contribution in [3.05, 3.63) is 48.0 Å². The smallest absolute Gasteiger partial charge is 0.326 e. The number of carbonyl (C=O) groups excluding carboxylic acids is 1. The summed E-state index contributed by atoms with van der Waals surface area (Å²) in [6, 6.07) is 11.5. The second-order valence-electron chi connectivity index (χ2n) is 8.25. The Labute approximate surface area is 207 Å². The van der Waals surface area contributed by atoms with E-state index in [2.05, 4.69) is 25.9 Å². The number of hydrogen-bond donors (Lipinski definition) is 4. The number of rotatable bonds is 11. The molecule has 190 valence electrons. The van der Waals surface area contributed by atoms with Gasteiger partial charge in [0.1, 0.15) is 23.1 Å². The van der Waals surface area contributed by atoms with Crippen LogP contribution in [0.3, 0.4) is 0 Å². The standard InChI is InChI=1S/C25H29N5O6/c1-34-18-9-10-21-19(15-18)28-25(36-21)29-20(23(32)33)14-16-5-7-17(8-6-16)35-13-2-4-22(31)30-24-26-11-3-12-27-24/h5-10,15,20H,2-4,11-14H2,1H3,(H,28,29)(H,32,33)(H2,26,27,30,31). The Morgan fingerprint density at radius 3 is 2.72 bits per heavy atom. The molecule has 0 fully saturated rings. The second kappa shape index (κ2) is 11.9. The molecule has 1 atom stereocenters. The first-order chi connectivity index (χ1) is 17.5. The zero-order valence-corrected chi connectivity index (χ0v) is 20.0. The lowest BCUT2D eigenvalue weighted by Gasteiger charge is -2.15. The van der Waals surface area contributed by atoms with Crippen LogP contribution in [-0.2, 0) is 16.0 Å². The molecule has 0 aliphatic carbocycles. The molecule has 0 spiro atoms. The highest BCUT2D eigenvalue weighted by Crippen LogP contribution is 2.24. The summed E-state index contributed by atoms with van der Waals surface area (Å²) in [5, 5.41) is 18.3. The second-order valence-corrected chi connectivity index (χ2v) is 8.25. The topological polar surface area (TPSA) is 147 Å². The molecule has 4 rings (SSSR count). The average Bonchev–Trinajstić information content (AvgIpc) is 3.29. The molecule has 11 heteroatoms. The number of carboxylic acid groups (broad SMARTS) is 1. The van der Waals surface area contributed by atoms with Crippen molar-refractivity contribution in [2.24, 2.45) is 4.99 Å². The van der Waals surface area contributed by atoms with Crippen LogP contribution in [-0.4, -0.2) is 60.8 Å². The molecule has 0 saturated heterocycles.